The van der Waals surface area contributed by atoms with E-state index in [1.54, 1.807) is 12.1 Å². The molecule has 3 rings (SSSR count). The summed E-state index contributed by atoms with van der Waals surface area (Å²) in [5.41, 5.74) is 6.96. The quantitative estimate of drug-likeness (QED) is 0.798. The molecule has 4 nitrogen and oxygen atoms in total. The van der Waals surface area contributed by atoms with Gasteiger partial charge in [-0.15, -0.1) is 0 Å². The molecule has 4 N–H and O–H groups in total. The average Bonchev–Trinajstić information content (AvgIpc) is 2.52. The number of anilines is 1. The molecule has 1 aliphatic heterocycles. The van der Waals surface area contributed by atoms with E-state index >= 15 is 0 Å². The number of halogens is 2. The Morgan fingerprint density at radius 1 is 1.36 bits per heavy atom. The van der Waals surface area contributed by atoms with Crippen LogP contribution in [0.15, 0.2) is 18.2 Å². The van der Waals surface area contributed by atoms with Gasteiger partial charge in [-0.25, -0.2) is 4.39 Å². The third-order valence-electron chi connectivity index (χ3n) is 4.78. The molecule has 0 radical (unpaired) electrons. The van der Waals surface area contributed by atoms with Crippen LogP contribution in [-0.4, -0.2) is 42.8 Å². The number of hydrogen-bond donors (Lipinski definition) is 3. The van der Waals surface area contributed by atoms with Crippen molar-refractivity contribution in [3.8, 4) is 0 Å². The molecule has 1 saturated carbocycles. The number of nitrogens with zero attached hydrogens (tertiary/aromatic N) is 1. The summed E-state index contributed by atoms with van der Waals surface area (Å²) in [6, 6.07) is 5.04. The molecule has 0 spiro atoms. The summed E-state index contributed by atoms with van der Waals surface area (Å²) >= 11 is 5.93. The lowest BCUT2D eigenvalue weighted by atomic mass is 9.83. The van der Waals surface area contributed by atoms with Gasteiger partial charge in [0.1, 0.15) is 5.82 Å². The van der Waals surface area contributed by atoms with Crippen LogP contribution in [0.5, 0.6) is 0 Å². The minimum absolute atomic E-state index is 0.152. The molecular formula is C16H24ClFN4. The fourth-order valence-corrected chi connectivity index (χ4v) is 3.89. The highest BCUT2D eigenvalue weighted by Gasteiger charge is 2.40. The Morgan fingerprint density at radius 2 is 2.14 bits per heavy atom. The molecule has 1 saturated heterocycles. The van der Waals surface area contributed by atoms with Crippen LogP contribution < -0.4 is 16.4 Å². The lowest BCUT2D eigenvalue weighted by Gasteiger charge is -2.50. The van der Waals surface area contributed by atoms with E-state index in [-0.39, 0.29) is 22.5 Å². The number of benzene rings is 1. The molecule has 2 unspecified atom stereocenters. The van der Waals surface area contributed by atoms with Gasteiger partial charge in [0.15, 0.2) is 0 Å². The first kappa shape index (κ1) is 16.0. The molecule has 0 aromatic heterocycles. The van der Waals surface area contributed by atoms with E-state index in [0.29, 0.717) is 0 Å². The molecule has 2 aliphatic rings. The Kier molecular flexibility index (Phi) is 4.88. The molecule has 122 valence electrons. The van der Waals surface area contributed by atoms with Crippen LogP contribution in [0.3, 0.4) is 0 Å². The Morgan fingerprint density at radius 3 is 2.82 bits per heavy atom. The first-order chi connectivity index (χ1) is 10.6. The van der Waals surface area contributed by atoms with E-state index in [2.05, 4.69) is 15.5 Å². The number of nitrogens with one attached hydrogen (secondary N) is 2. The molecule has 1 aliphatic carbocycles. The van der Waals surface area contributed by atoms with Gasteiger partial charge in [-0.1, -0.05) is 11.6 Å². The number of piperazine rings is 1. The Hall–Kier alpha value is -0.880. The van der Waals surface area contributed by atoms with Gasteiger partial charge in [0, 0.05) is 37.9 Å². The normalized spacial score (nSPS) is 30.2. The molecule has 1 aromatic rings. The van der Waals surface area contributed by atoms with Gasteiger partial charge >= 0.3 is 0 Å². The van der Waals surface area contributed by atoms with E-state index < -0.39 is 0 Å². The van der Waals surface area contributed by atoms with E-state index in [4.69, 9.17) is 17.3 Å². The fourth-order valence-electron chi connectivity index (χ4n) is 3.71. The van der Waals surface area contributed by atoms with Gasteiger partial charge < -0.3 is 16.4 Å². The zero-order valence-electron chi connectivity index (χ0n) is 12.7. The zero-order valence-corrected chi connectivity index (χ0v) is 13.5. The molecule has 1 aromatic carbocycles. The van der Waals surface area contributed by atoms with Crippen LogP contribution in [0.1, 0.15) is 25.7 Å². The van der Waals surface area contributed by atoms with E-state index in [9.17, 15) is 4.39 Å². The Bertz CT molecular complexity index is 521. The Balaban J connectivity index is 1.85. The van der Waals surface area contributed by atoms with Crippen molar-refractivity contribution < 1.29 is 4.39 Å². The third kappa shape index (κ3) is 3.38. The molecular weight excluding hydrogens is 303 g/mol. The van der Waals surface area contributed by atoms with Crippen LogP contribution in [0.2, 0.25) is 5.02 Å². The second-order valence-electron chi connectivity index (χ2n) is 6.38. The summed E-state index contributed by atoms with van der Waals surface area (Å²) in [5.74, 6) is -0.385. The molecule has 0 bridgehead atoms. The second-order valence-corrected chi connectivity index (χ2v) is 6.79. The maximum atomic E-state index is 13.4. The van der Waals surface area contributed by atoms with Gasteiger partial charge in [0.05, 0.1) is 10.7 Å². The van der Waals surface area contributed by atoms with Crippen molar-refractivity contribution in [3.63, 3.8) is 0 Å². The standard InChI is InChI=1S/C16H24ClFN4/c17-14-10-13(3-4-15(14)18)21-16(5-1-2-12(19)11-16)22-8-6-20-7-9-22/h3-4,10,12,20-21H,1-2,5-9,11,19H2. The minimum Gasteiger partial charge on any atom is -0.367 e. The lowest BCUT2D eigenvalue weighted by Crippen LogP contribution is -2.63. The van der Waals surface area contributed by atoms with Crippen molar-refractivity contribution in [1.82, 2.24) is 10.2 Å². The van der Waals surface area contributed by atoms with Crippen molar-refractivity contribution in [3.05, 3.63) is 29.0 Å². The maximum Gasteiger partial charge on any atom is 0.141 e. The summed E-state index contributed by atoms with van der Waals surface area (Å²) in [4.78, 5) is 2.49. The molecule has 2 fully saturated rings. The van der Waals surface area contributed by atoms with Gasteiger partial charge in [0.2, 0.25) is 0 Å². The summed E-state index contributed by atoms with van der Waals surface area (Å²) in [7, 11) is 0. The summed E-state index contributed by atoms with van der Waals surface area (Å²) < 4.78 is 13.4. The van der Waals surface area contributed by atoms with E-state index in [1.165, 1.54) is 6.07 Å². The summed E-state index contributed by atoms with van der Waals surface area (Å²) in [6.45, 7) is 3.97. The van der Waals surface area contributed by atoms with Crippen LogP contribution >= 0.6 is 11.6 Å². The smallest absolute Gasteiger partial charge is 0.141 e. The predicted octanol–water partition coefficient (Wildman–Crippen LogP) is 2.39. The topological polar surface area (TPSA) is 53.3 Å². The van der Waals surface area contributed by atoms with E-state index in [0.717, 1.165) is 57.5 Å². The van der Waals surface area contributed by atoms with Gasteiger partial charge in [0.25, 0.3) is 0 Å². The fraction of sp³-hybridized carbons (Fsp3) is 0.625. The van der Waals surface area contributed by atoms with Crippen molar-refractivity contribution >= 4 is 17.3 Å². The molecule has 0 amide bonds. The highest BCUT2D eigenvalue weighted by Crippen LogP contribution is 2.35. The molecule has 2 atom stereocenters. The molecule has 6 heteroatoms. The van der Waals surface area contributed by atoms with Crippen LogP contribution in [0, 0.1) is 5.82 Å². The third-order valence-corrected chi connectivity index (χ3v) is 5.07. The minimum atomic E-state index is -0.385. The zero-order chi connectivity index (χ0) is 15.6. The van der Waals surface area contributed by atoms with Crippen LogP contribution in [-0.2, 0) is 0 Å². The van der Waals surface area contributed by atoms with Gasteiger partial charge in [-0.05, 0) is 43.9 Å². The van der Waals surface area contributed by atoms with Crippen LogP contribution in [0.4, 0.5) is 10.1 Å². The molecule has 1 heterocycles. The maximum absolute atomic E-state index is 13.4. The monoisotopic (exact) mass is 326 g/mol. The van der Waals surface area contributed by atoms with Crippen molar-refractivity contribution in [2.75, 3.05) is 31.5 Å². The highest BCUT2D eigenvalue weighted by molar-refractivity contribution is 6.31. The molecule has 22 heavy (non-hydrogen) atoms. The van der Waals surface area contributed by atoms with Crippen molar-refractivity contribution in [2.24, 2.45) is 5.73 Å². The first-order valence-electron chi connectivity index (χ1n) is 8.04. The van der Waals surface area contributed by atoms with Crippen LogP contribution in [0.25, 0.3) is 0 Å². The predicted molar refractivity (Wildman–Crippen MR) is 88.6 cm³/mol. The van der Waals surface area contributed by atoms with Crippen molar-refractivity contribution in [2.45, 2.75) is 37.4 Å². The largest absolute Gasteiger partial charge is 0.367 e. The van der Waals surface area contributed by atoms with Crippen molar-refractivity contribution in [1.29, 1.82) is 0 Å². The second kappa shape index (κ2) is 6.71. The number of hydrogen-bond acceptors (Lipinski definition) is 4. The SMILES string of the molecule is NC1CCCC(Nc2ccc(F)c(Cl)c2)(N2CCNCC2)C1. The first-order valence-corrected chi connectivity index (χ1v) is 8.41. The van der Waals surface area contributed by atoms with Gasteiger partial charge in [-0.2, -0.15) is 0 Å². The Labute approximate surface area is 136 Å². The summed E-state index contributed by atoms with van der Waals surface area (Å²) in [5, 5.41) is 7.17. The lowest BCUT2D eigenvalue weighted by molar-refractivity contribution is 0.0557. The van der Waals surface area contributed by atoms with Gasteiger partial charge in [-0.3, -0.25) is 4.90 Å². The average molecular weight is 327 g/mol. The van der Waals surface area contributed by atoms with E-state index in [1.807, 2.05) is 0 Å². The number of nitrogens with two attached hydrogens (primary N) is 1. The highest BCUT2D eigenvalue weighted by atomic mass is 35.5. The number of rotatable bonds is 3. The summed E-state index contributed by atoms with van der Waals surface area (Å²) in [6.07, 6.45) is 4.13.